The molecule has 0 unspecified atom stereocenters. The number of amides is 1. The van der Waals surface area contributed by atoms with E-state index in [2.05, 4.69) is 10.3 Å². The first kappa shape index (κ1) is 15.2. The van der Waals surface area contributed by atoms with Gasteiger partial charge >= 0.3 is 12.1 Å². The first-order chi connectivity index (χ1) is 8.61. The average Bonchev–Trinajstić information content (AvgIpc) is 2.20. The molecule has 1 heterocycles. The molecule has 0 aliphatic heterocycles. The Kier molecular flexibility index (Phi) is 4.31. The van der Waals surface area contributed by atoms with Crippen LogP contribution < -0.4 is 5.32 Å². The summed E-state index contributed by atoms with van der Waals surface area (Å²) in [5, 5.41) is 10.4. The predicted octanol–water partition coefficient (Wildman–Crippen LogP) is 2.92. The van der Waals surface area contributed by atoms with Crippen LogP contribution in [0.5, 0.6) is 0 Å². The number of carboxylic acid groups (broad SMARTS) is 1. The van der Waals surface area contributed by atoms with Gasteiger partial charge in [-0.15, -0.1) is 0 Å². The molecule has 0 saturated heterocycles. The van der Waals surface area contributed by atoms with Crippen molar-refractivity contribution in [2.24, 2.45) is 0 Å². The Morgan fingerprint density at radius 2 is 2.05 bits per heavy atom. The summed E-state index contributed by atoms with van der Waals surface area (Å²) >= 11 is 5.38. The Morgan fingerprint density at radius 1 is 1.47 bits per heavy atom. The number of nitrogens with zero attached hydrogens (tertiary/aromatic N) is 1. The average molecular weight is 291 g/mol. The molecule has 1 aromatic heterocycles. The molecule has 0 aliphatic carbocycles. The van der Waals surface area contributed by atoms with Gasteiger partial charge in [0.05, 0.1) is 11.9 Å². The predicted molar refractivity (Wildman–Crippen MR) is 66.0 cm³/mol. The number of anilines is 1. The smallest absolute Gasteiger partial charge is 0.412 e. The second kappa shape index (κ2) is 5.40. The Bertz CT molecular complexity index is 528. The van der Waals surface area contributed by atoms with Gasteiger partial charge in [-0.3, -0.25) is 5.32 Å². The second-order valence-electron chi connectivity index (χ2n) is 4.58. The fourth-order valence-corrected chi connectivity index (χ4v) is 1.32. The van der Waals surface area contributed by atoms with Crippen LogP contribution in [-0.4, -0.2) is 27.8 Å². The molecule has 104 valence electrons. The summed E-state index contributed by atoms with van der Waals surface area (Å²) in [4.78, 5) is 25.9. The van der Waals surface area contributed by atoms with E-state index in [9.17, 15) is 14.0 Å². The first-order valence-electron chi connectivity index (χ1n) is 5.19. The molecule has 0 saturated carbocycles. The van der Waals surface area contributed by atoms with E-state index in [0.717, 1.165) is 6.20 Å². The standard InChI is InChI=1S/C11H12ClFN2O4/c1-11(2,3)19-10(18)15-5-4-14-8(12)7(13)6(5)9(16)17/h4H,1-3H3,(H,15,18)(H,16,17). The van der Waals surface area contributed by atoms with Crippen LogP contribution in [0.3, 0.4) is 0 Å². The topological polar surface area (TPSA) is 88.5 Å². The third-order valence-electron chi connectivity index (χ3n) is 1.83. The van der Waals surface area contributed by atoms with Crippen molar-refractivity contribution in [1.29, 1.82) is 0 Å². The highest BCUT2D eigenvalue weighted by molar-refractivity contribution is 6.30. The lowest BCUT2D eigenvalue weighted by Crippen LogP contribution is -2.28. The van der Waals surface area contributed by atoms with Crippen molar-refractivity contribution in [3.8, 4) is 0 Å². The third-order valence-corrected chi connectivity index (χ3v) is 2.09. The van der Waals surface area contributed by atoms with Gasteiger partial charge in [0.2, 0.25) is 0 Å². The minimum Gasteiger partial charge on any atom is -0.478 e. The van der Waals surface area contributed by atoms with Gasteiger partial charge in [-0.2, -0.15) is 0 Å². The molecule has 2 N–H and O–H groups in total. The van der Waals surface area contributed by atoms with Crippen LogP contribution in [0.4, 0.5) is 14.9 Å². The van der Waals surface area contributed by atoms with Crippen molar-refractivity contribution in [1.82, 2.24) is 4.98 Å². The lowest BCUT2D eigenvalue weighted by atomic mass is 10.2. The van der Waals surface area contributed by atoms with Crippen molar-refractivity contribution in [2.75, 3.05) is 5.32 Å². The summed E-state index contributed by atoms with van der Waals surface area (Å²) in [5.74, 6) is -2.80. The van der Waals surface area contributed by atoms with Crippen LogP contribution in [0.2, 0.25) is 5.15 Å². The summed E-state index contributed by atoms with van der Waals surface area (Å²) in [7, 11) is 0. The minimum atomic E-state index is -1.58. The fourth-order valence-electron chi connectivity index (χ4n) is 1.18. The van der Waals surface area contributed by atoms with Gasteiger partial charge in [0.25, 0.3) is 0 Å². The molecule has 0 atom stereocenters. The molecule has 0 bridgehead atoms. The zero-order chi connectivity index (χ0) is 14.8. The molecule has 19 heavy (non-hydrogen) atoms. The zero-order valence-electron chi connectivity index (χ0n) is 10.5. The number of hydrogen-bond acceptors (Lipinski definition) is 4. The number of carboxylic acids is 1. The van der Waals surface area contributed by atoms with Crippen LogP contribution in [0.25, 0.3) is 0 Å². The number of pyridine rings is 1. The van der Waals surface area contributed by atoms with E-state index in [4.69, 9.17) is 21.4 Å². The summed E-state index contributed by atoms with van der Waals surface area (Å²) in [6.45, 7) is 4.89. The zero-order valence-corrected chi connectivity index (χ0v) is 11.2. The number of nitrogens with one attached hydrogen (secondary N) is 1. The lowest BCUT2D eigenvalue weighted by molar-refractivity contribution is 0.0636. The van der Waals surface area contributed by atoms with Gasteiger partial charge in [0, 0.05) is 0 Å². The maximum absolute atomic E-state index is 13.5. The Balaban J connectivity index is 3.05. The van der Waals surface area contributed by atoms with Gasteiger partial charge in [0.1, 0.15) is 11.2 Å². The molecule has 0 radical (unpaired) electrons. The number of aromatic nitrogens is 1. The van der Waals surface area contributed by atoms with Crippen LogP contribution in [-0.2, 0) is 4.74 Å². The normalized spacial score (nSPS) is 11.0. The number of aromatic carboxylic acids is 1. The molecule has 8 heteroatoms. The van der Waals surface area contributed by atoms with Gasteiger partial charge in [-0.05, 0) is 20.8 Å². The number of rotatable bonds is 2. The Labute approximate surface area is 113 Å². The number of carbonyl (C=O) groups excluding carboxylic acids is 1. The lowest BCUT2D eigenvalue weighted by Gasteiger charge is -2.20. The number of hydrogen-bond donors (Lipinski definition) is 2. The van der Waals surface area contributed by atoms with Gasteiger partial charge in [-0.1, -0.05) is 11.6 Å². The van der Waals surface area contributed by atoms with E-state index in [1.54, 1.807) is 20.8 Å². The van der Waals surface area contributed by atoms with Gasteiger partial charge in [-0.25, -0.2) is 19.0 Å². The monoisotopic (exact) mass is 290 g/mol. The molecule has 0 aliphatic rings. The molecular formula is C11H12ClFN2O4. The number of ether oxygens (including phenoxy) is 1. The summed E-state index contributed by atoms with van der Waals surface area (Å²) in [5.41, 5.74) is -1.87. The quantitative estimate of drug-likeness (QED) is 0.818. The van der Waals surface area contributed by atoms with Crippen LogP contribution in [0.1, 0.15) is 31.1 Å². The molecule has 1 amide bonds. The molecule has 0 spiro atoms. The van der Waals surface area contributed by atoms with Crippen LogP contribution in [0, 0.1) is 5.82 Å². The molecular weight excluding hydrogens is 279 g/mol. The molecule has 0 fully saturated rings. The maximum Gasteiger partial charge on any atom is 0.412 e. The van der Waals surface area contributed by atoms with E-state index in [1.165, 1.54) is 0 Å². The second-order valence-corrected chi connectivity index (χ2v) is 4.94. The highest BCUT2D eigenvalue weighted by Gasteiger charge is 2.23. The van der Waals surface area contributed by atoms with E-state index < -0.39 is 34.2 Å². The van der Waals surface area contributed by atoms with Crippen molar-refractivity contribution in [2.45, 2.75) is 26.4 Å². The summed E-state index contributed by atoms with van der Waals surface area (Å²) in [6.07, 6.45) is 0.0252. The SMILES string of the molecule is CC(C)(C)OC(=O)Nc1cnc(Cl)c(F)c1C(=O)O. The van der Waals surface area contributed by atoms with E-state index in [0.29, 0.717) is 0 Å². The number of carbonyl (C=O) groups is 2. The maximum atomic E-state index is 13.5. The highest BCUT2D eigenvalue weighted by atomic mass is 35.5. The molecule has 1 rings (SSSR count). The van der Waals surface area contributed by atoms with Gasteiger partial charge < -0.3 is 9.84 Å². The van der Waals surface area contributed by atoms with E-state index in [-0.39, 0.29) is 5.69 Å². The van der Waals surface area contributed by atoms with Crippen molar-refractivity contribution < 1.29 is 23.8 Å². The van der Waals surface area contributed by atoms with Crippen molar-refractivity contribution in [3.63, 3.8) is 0 Å². The third kappa shape index (κ3) is 4.06. The highest BCUT2D eigenvalue weighted by Crippen LogP contribution is 2.23. The molecule has 6 nitrogen and oxygen atoms in total. The van der Waals surface area contributed by atoms with Gasteiger partial charge in [0.15, 0.2) is 11.0 Å². The Hall–Kier alpha value is -1.89. The largest absolute Gasteiger partial charge is 0.478 e. The fraction of sp³-hybridized carbons (Fsp3) is 0.364. The van der Waals surface area contributed by atoms with E-state index >= 15 is 0 Å². The van der Waals surface area contributed by atoms with Crippen LogP contribution >= 0.6 is 11.6 Å². The number of halogens is 2. The molecule has 0 aromatic carbocycles. The first-order valence-corrected chi connectivity index (χ1v) is 5.57. The van der Waals surface area contributed by atoms with Crippen molar-refractivity contribution in [3.05, 3.63) is 22.7 Å². The molecule has 1 aromatic rings. The Morgan fingerprint density at radius 3 is 2.53 bits per heavy atom. The van der Waals surface area contributed by atoms with E-state index in [1.807, 2.05) is 0 Å². The summed E-state index contributed by atoms with van der Waals surface area (Å²) < 4.78 is 18.5. The van der Waals surface area contributed by atoms with Crippen LogP contribution in [0.15, 0.2) is 6.20 Å². The minimum absolute atomic E-state index is 0.330. The van der Waals surface area contributed by atoms with Crippen molar-refractivity contribution >= 4 is 29.4 Å². The summed E-state index contributed by atoms with van der Waals surface area (Å²) in [6, 6.07) is 0.